The highest BCUT2D eigenvalue weighted by atomic mass is 19.1. The van der Waals surface area contributed by atoms with E-state index in [-0.39, 0.29) is 11.7 Å². The van der Waals surface area contributed by atoms with Crippen LogP contribution in [0.25, 0.3) is 5.69 Å². The molecule has 4 nitrogen and oxygen atoms in total. The van der Waals surface area contributed by atoms with E-state index in [1.165, 1.54) is 12.1 Å². The van der Waals surface area contributed by atoms with E-state index in [2.05, 4.69) is 36.1 Å². The summed E-state index contributed by atoms with van der Waals surface area (Å²) in [6.07, 6.45) is 4.03. The highest BCUT2D eigenvalue weighted by Gasteiger charge is 2.24. The maximum absolute atomic E-state index is 14.1. The van der Waals surface area contributed by atoms with E-state index >= 15 is 0 Å². The summed E-state index contributed by atoms with van der Waals surface area (Å²) in [5.74, 6) is -1.19. The zero-order valence-electron chi connectivity index (χ0n) is 16.0. The molecule has 0 amide bonds. The Morgan fingerprint density at radius 2 is 1.85 bits per heavy atom. The number of rotatable bonds is 5. The second-order valence-electron chi connectivity index (χ2n) is 7.49. The van der Waals surface area contributed by atoms with Gasteiger partial charge in [0, 0.05) is 35.4 Å². The first-order valence-corrected chi connectivity index (χ1v) is 9.37. The van der Waals surface area contributed by atoms with Crippen LogP contribution in [0.2, 0.25) is 0 Å². The number of nitrogens with zero attached hydrogens (tertiary/aromatic N) is 3. The van der Waals surface area contributed by atoms with Gasteiger partial charge in [0.1, 0.15) is 11.5 Å². The Morgan fingerprint density at radius 3 is 2.46 bits per heavy atom. The minimum Gasteiger partial charge on any atom is -0.307 e. The number of hydrogen-bond donors (Lipinski definition) is 1. The van der Waals surface area contributed by atoms with E-state index in [4.69, 9.17) is 0 Å². The number of hydrogen-bond acceptors (Lipinski definition) is 3. The van der Waals surface area contributed by atoms with Crippen molar-refractivity contribution in [2.75, 3.05) is 13.1 Å². The Morgan fingerprint density at radius 1 is 1.15 bits per heavy atom. The van der Waals surface area contributed by atoms with Crippen molar-refractivity contribution in [1.82, 2.24) is 20.0 Å². The summed E-state index contributed by atoms with van der Waals surface area (Å²) < 4.78 is 28.8. The topological polar surface area (TPSA) is 33.1 Å². The number of benzene rings is 1. The molecule has 0 saturated carbocycles. The van der Waals surface area contributed by atoms with Crippen LogP contribution in [0.3, 0.4) is 0 Å². The van der Waals surface area contributed by atoms with Crippen molar-refractivity contribution < 1.29 is 8.78 Å². The molecule has 1 N–H and O–H groups in total. The second-order valence-corrected chi connectivity index (χ2v) is 7.49. The fraction of sp³-hybridized carbons (Fsp3) is 0.550. The molecule has 142 valence electrons. The Bertz CT molecular complexity index is 748. The molecule has 2 heterocycles. The van der Waals surface area contributed by atoms with Gasteiger partial charge in [0.25, 0.3) is 0 Å². The van der Waals surface area contributed by atoms with Crippen LogP contribution in [0, 0.1) is 18.6 Å². The molecular formula is C20H28F2N4. The van der Waals surface area contributed by atoms with Crippen molar-refractivity contribution in [1.29, 1.82) is 0 Å². The third-order valence-corrected chi connectivity index (χ3v) is 5.40. The fourth-order valence-corrected chi connectivity index (χ4v) is 3.77. The average Bonchev–Trinajstić information content (AvgIpc) is 2.97. The summed E-state index contributed by atoms with van der Waals surface area (Å²) in [6.45, 7) is 10.7. The summed E-state index contributed by atoms with van der Waals surface area (Å²) in [6, 6.07) is 4.77. The van der Waals surface area contributed by atoms with Crippen LogP contribution in [-0.4, -0.2) is 39.9 Å². The Kier molecular flexibility index (Phi) is 5.73. The SMILES string of the molecule is Cc1c([C@H](C)NC2CCN(C(C)C)CC2)cnn1-c1ccc(F)cc1F. The zero-order valence-corrected chi connectivity index (χ0v) is 16.0. The lowest BCUT2D eigenvalue weighted by atomic mass is 10.0. The van der Waals surface area contributed by atoms with Crippen molar-refractivity contribution in [2.24, 2.45) is 0 Å². The van der Waals surface area contributed by atoms with Gasteiger partial charge in [0.15, 0.2) is 5.82 Å². The largest absolute Gasteiger partial charge is 0.307 e. The highest BCUT2D eigenvalue weighted by Crippen LogP contribution is 2.24. The van der Waals surface area contributed by atoms with Gasteiger partial charge in [-0.15, -0.1) is 0 Å². The molecule has 0 spiro atoms. The molecule has 1 aliphatic rings. The first-order valence-electron chi connectivity index (χ1n) is 9.37. The van der Waals surface area contributed by atoms with E-state index in [1.807, 2.05) is 6.92 Å². The zero-order chi connectivity index (χ0) is 18.8. The van der Waals surface area contributed by atoms with Gasteiger partial charge in [0.2, 0.25) is 0 Å². The van der Waals surface area contributed by atoms with Gasteiger partial charge in [-0.25, -0.2) is 13.5 Å². The third kappa shape index (κ3) is 3.96. The fourth-order valence-electron chi connectivity index (χ4n) is 3.77. The number of aromatic nitrogens is 2. The lowest BCUT2D eigenvalue weighted by Crippen LogP contribution is -2.45. The molecule has 1 fully saturated rings. The van der Waals surface area contributed by atoms with Crippen LogP contribution in [0.5, 0.6) is 0 Å². The van der Waals surface area contributed by atoms with Crippen LogP contribution in [0.4, 0.5) is 8.78 Å². The summed E-state index contributed by atoms with van der Waals surface area (Å²) in [4.78, 5) is 2.50. The predicted octanol–water partition coefficient (Wildman–Crippen LogP) is 3.98. The lowest BCUT2D eigenvalue weighted by Gasteiger charge is -2.36. The molecule has 6 heteroatoms. The van der Waals surface area contributed by atoms with Crippen LogP contribution in [0.15, 0.2) is 24.4 Å². The first-order chi connectivity index (χ1) is 12.4. The molecule has 1 aromatic carbocycles. The van der Waals surface area contributed by atoms with Crippen LogP contribution in [0.1, 0.15) is 50.9 Å². The number of likely N-dealkylation sites (tertiary alicyclic amines) is 1. The average molecular weight is 362 g/mol. The maximum Gasteiger partial charge on any atom is 0.151 e. The molecule has 0 bridgehead atoms. The number of piperidine rings is 1. The van der Waals surface area contributed by atoms with E-state index in [9.17, 15) is 8.78 Å². The van der Waals surface area contributed by atoms with Crippen LogP contribution in [-0.2, 0) is 0 Å². The number of nitrogens with one attached hydrogen (secondary N) is 1. The van der Waals surface area contributed by atoms with Gasteiger partial charge in [-0.3, -0.25) is 0 Å². The van der Waals surface area contributed by atoms with Crippen molar-refractivity contribution in [3.05, 3.63) is 47.3 Å². The van der Waals surface area contributed by atoms with E-state index in [0.29, 0.717) is 12.1 Å². The van der Waals surface area contributed by atoms with Crippen LogP contribution < -0.4 is 5.32 Å². The standard InChI is InChI=1S/C20H28F2N4/c1-13(2)25-9-7-17(8-10-25)24-14(3)18-12-23-26(15(18)4)20-6-5-16(21)11-19(20)22/h5-6,11-14,17,24H,7-10H2,1-4H3/t14-/m0/s1. The van der Waals surface area contributed by atoms with Gasteiger partial charge in [0.05, 0.1) is 6.20 Å². The normalized spacial score (nSPS) is 17.8. The van der Waals surface area contributed by atoms with Gasteiger partial charge < -0.3 is 10.2 Å². The van der Waals surface area contributed by atoms with Gasteiger partial charge >= 0.3 is 0 Å². The Hall–Kier alpha value is -1.79. The van der Waals surface area contributed by atoms with Gasteiger partial charge in [-0.05, 0) is 65.8 Å². The molecule has 1 atom stereocenters. The minimum atomic E-state index is -0.607. The number of halogens is 2. The lowest BCUT2D eigenvalue weighted by molar-refractivity contribution is 0.157. The van der Waals surface area contributed by atoms with Crippen molar-refractivity contribution in [3.8, 4) is 5.69 Å². The van der Waals surface area contributed by atoms with Gasteiger partial charge in [-0.1, -0.05) is 0 Å². The minimum absolute atomic E-state index is 0.128. The summed E-state index contributed by atoms with van der Waals surface area (Å²) >= 11 is 0. The second kappa shape index (κ2) is 7.84. The Balaban J connectivity index is 1.69. The van der Waals surface area contributed by atoms with Gasteiger partial charge in [-0.2, -0.15) is 5.10 Å². The highest BCUT2D eigenvalue weighted by molar-refractivity contribution is 5.37. The molecule has 1 aliphatic heterocycles. The summed E-state index contributed by atoms with van der Waals surface area (Å²) in [5.41, 5.74) is 2.18. The predicted molar refractivity (Wildman–Crippen MR) is 99.5 cm³/mol. The van der Waals surface area contributed by atoms with E-state index < -0.39 is 11.6 Å². The maximum atomic E-state index is 14.1. The molecule has 0 radical (unpaired) electrons. The molecular weight excluding hydrogens is 334 g/mol. The van der Waals surface area contributed by atoms with Crippen molar-refractivity contribution in [2.45, 2.75) is 58.7 Å². The first kappa shape index (κ1) is 19.0. The molecule has 1 aromatic heterocycles. The molecule has 2 aromatic rings. The quantitative estimate of drug-likeness (QED) is 0.873. The van der Waals surface area contributed by atoms with Crippen molar-refractivity contribution in [3.63, 3.8) is 0 Å². The molecule has 1 saturated heterocycles. The molecule has 26 heavy (non-hydrogen) atoms. The third-order valence-electron chi connectivity index (χ3n) is 5.40. The monoisotopic (exact) mass is 362 g/mol. The Labute approximate surface area is 154 Å². The molecule has 3 rings (SSSR count). The van der Waals surface area contributed by atoms with E-state index in [0.717, 1.165) is 43.3 Å². The van der Waals surface area contributed by atoms with E-state index in [1.54, 1.807) is 10.9 Å². The molecule has 0 aliphatic carbocycles. The van der Waals surface area contributed by atoms with Crippen molar-refractivity contribution >= 4 is 0 Å². The van der Waals surface area contributed by atoms with Crippen LogP contribution >= 0.6 is 0 Å². The summed E-state index contributed by atoms with van der Waals surface area (Å²) in [7, 11) is 0. The summed E-state index contributed by atoms with van der Waals surface area (Å²) in [5, 5.41) is 8.02. The smallest absolute Gasteiger partial charge is 0.151 e. The molecule has 0 unspecified atom stereocenters.